The van der Waals surface area contributed by atoms with Crippen LogP contribution in [0.25, 0.3) is 0 Å². The minimum atomic E-state index is -0.382. The van der Waals surface area contributed by atoms with Crippen LogP contribution >= 0.6 is 11.6 Å². The van der Waals surface area contributed by atoms with Gasteiger partial charge in [0.25, 0.3) is 5.91 Å². The molecule has 2 aromatic rings. The Morgan fingerprint density at radius 3 is 2.56 bits per heavy atom. The Kier molecular flexibility index (Phi) is 6.83. The zero-order chi connectivity index (χ0) is 18.2. The van der Waals surface area contributed by atoms with E-state index in [0.29, 0.717) is 23.7 Å². The highest BCUT2D eigenvalue weighted by atomic mass is 35.5. The smallest absolute Gasteiger partial charge is 0.253 e. The van der Waals surface area contributed by atoms with Crippen LogP contribution < -0.4 is 15.4 Å². The molecule has 0 aliphatic heterocycles. The Balaban J connectivity index is 1.69. The van der Waals surface area contributed by atoms with Crippen LogP contribution in [-0.2, 0) is 4.79 Å². The van der Waals surface area contributed by atoms with E-state index in [0.717, 1.165) is 11.3 Å². The molecule has 0 heterocycles. The minimum Gasteiger partial charge on any atom is -0.491 e. The van der Waals surface area contributed by atoms with Gasteiger partial charge < -0.3 is 15.4 Å². The van der Waals surface area contributed by atoms with Gasteiger partial charge in [0.15, 0.2) is 0 Å². The maximum absolute atomic E-state index is 11.9. The van der Waals surface area contributed by atoms with Gasteiger partial charge in [0.05, 0.1) is 23.7 Å². The van der Waals surface area contributed by atoms with E-state index in [1.807, 2.05) is 32.0 Å². The number of rotatable bonds is 7. The van der Waals surface area contributed by atoms with Crippen molar-refractivity contribution in [2.45, 2.75) is 13.8 Å². The average Bonchev–Trinajstić information content (AvgIpc) is 2.58. The Bertz CT molecular complexity index is 762. The minimum absolute atomic E-state index is 0.117. The van der Waals surface area contributed by atoms with Gasteiger partial charge in [-0.3, -0.25) is 9.59 Å². The Hall–Kier alpha value is -2.53. The second-order valence-corrected chi connectivity index (χ2v) is 6.04. The number of carbonyl (C=O) groups excluding carboxylic acids is 2. The Labute approximate surface area is 152 Å². The van der Waals surface area contributed by atoms with Crippen LogP contribution in [0.15, 0.2) is 42.5 Å². The van der Waals surface area contributed by atoms with Crippen LogP contribution in [0.3, 0.4) is 0 Å². The quantitative estimate of drug-likeness (QED) is 0.746. The van der Waals surface area contributed by atoms with Crippen molar-refractivity contribution in [2.75, 3.05) is 19.7 Å². The number of halogens is 1. The second-order valence-electron chi connectivity index (χ2n) is 5.63. The number of hydrogen-bond donors (Lipinski definition) is 2. The van der Waals surface area contributed by atoms with Gasteiger partial charge in [0.2, 0.25) is 5.91 Å². The highest BCUT2D eigenvalue weighted by Gasteiger charge is 2.10. The molecule has 0 atom stereocenters. The van der Waals surface area contributed by atoms with Gasteiger partial charge in [-0.2, -0.15) is 0 Å². The third kappa shape index (κ3) is 5.80. The van der Waals surface area contributed by atoms with E-state index >= 15 is 0 Å². The average molecular weight is 361 g/mol. The van der Waals surface area contributed by atoms with Crippen molar-refractivity contribution >= 4 is 23.4 Å². The summed E-state index contributed by atoms with van der Waals surface area (Å²) in [5.41, 5.74) is 2.57. The molecule has 5 nitrogen and oxygen atoms in total. The van der Waals surface area contributed by atoms with E-state index in [1.54, 1.807) is 24.3 Å². The number of aryl methyl sites for hydroxylation is 2. The first kappa shape index (κ1) is 18.8. The number of amides is 2. The van der Waals surface area contributed by atoms with Gasteiger partial charge in [-0.05, 0) is 37.6 Å². The van der Waals surface area contributed by atoms with Gasteiger partial charge in [0.1, 0.15) is 12.4 Å². The lowest BCUT2D eigenvalue weighted by molar-refractivity contribution is -0.120. The van der Waals surface area contributed by atoms with Crippen LogP contribution in [0, 0.1) is 13.8 Å². The molecule has 2 rings (SSSR count). The van der Waals surface area contributed by atoms with Crippen molar-refractivity contribution in [1.82, 2.24) is 10.6 Å². The third-order valence-corrected chi connectivity index (χ3v) is 3.87. The topological polar surface area (TPSA) is 67.4 Å². The standard InChI is InChI=1S/C19H21ClN2O3/c1-13-7-8-17(14(2)11-13)25-10-9-21-18(23)12-22-19(24)15-5-3-4-6-16(15)20/h3-8,11H,9-10,12H2,1-2H3,(H,21,23)(H,22,24). The molecule has 0 aliphatic carbocycles. The van der Waals surface area contributed by atoms with Crippen molar-refractivity contribution in [3.8, 4) is 5.75 Å². The molecule has 0 saturated heterocycles. The normalized spacial score (nSPS) is 10.2. The van der Waals surface area contributed by atoms with Gasteiger partial charge >= 0.3 is 0 Å². The number of nitrogens with one attached hydrogen (secondary N) is 2. The lowest BCUT2D eigenvalue weighted by Crippen LogP contribution is -2.38. The summed E-state index contributed by atoms with van der Waals surface area (Å²) in [5.74, 6) is 0.129. The molecule has 0 radical (unpaired) electrons. The molecule has 6 heteroatoms. The van der Waals surface area contributed by atoms with Crippen LogP contribution in [0.5, 0.6) is 5.75 Å². The number of benzene rings is 2. The summed E-state index contributed by atoms with van der Waals surface area (Å²) >= 11 is 5.94. The molecule has 0 spiro atoms. The molecule has 2 aromatic carbocycles. The summed E-state index contributed by atoms with van der Waals surface area (Å²) in [6.45, 7) is 4.59. The van der Waals surface area contributed by atoms with Crippen molar-refractivity contribution < 1.29 is 14.3 Å². The highest BCUT2D eigenvalue weighted by molar-refractivity contribution is 6.33. The largest absolute Gasteiger partial charge is 0.491 e. The maximum Gasteiger partial charge on any atom is 0.253 e. The van der Waals surface area contributed by atoms with Crippen molar-refractivity contribution in [1.29, 1.82) is 0 Å². The highest BCUT2D eigenvalue weighted by Crippen LogP contribution is 2.18. The molecule has 25 heavy (non-hydrogen) atoms. The van der Waals surface area contributed by atoms with Crippen LogP contribution in [0.4, 0.5) is 0 Å². The predicted octanol–water partition coefficient (Wildman–Crippen LogP) is 2.88. The van der Waals surface area contributed by atoms with Crippen LogP contribution in [0.1, 0.15) is 21.5 Å². The lowest BCUT2D eigenvalue weighted by Gasteiger charge is -2.11. The Morgan fingerprint density at radius 1 is 1.08 bits per heavy atom. The van der Waals surface area contributed by atoms with Gasteiger partial charge in [-0.25, -0.2) is 0 Å². The molecule has 0 bridgehead atoms. The monoisotopic (exact) mass is 360 g/mol. The predicted molar refractivity (Wildman–Crippen MR) is 98.2 cm³/mol. The molecule has 0 fully saturated rings. The van der Waals surface area contributed by atoms with Crippen molar-refractivity contribution in [2.24, 2.45) is 0 Å². The van der Waals surface area contributed by atoms with E-state index in [1.165, 1.54) is 5.56 Å². The van der Waals surface area contributed by atoms with Gasteiger partial charge in [-0.1, -0.05) is 41.4 Å². The molecule has 0 unspecified atom stereocenters. The summed E-state index contributed by atoms with van der Waals surface area (Å²) in [4.78, 5) is 23.7. The summed E-state index contributed by atoms with van der Waals surface area (Å²) in [6, 6.07) is 12.6. The molecule has 132 valence electrons. The van der Waals surface area contributed by atoms with E-state index in [4.69, 9.17) is 16.3 Å². The van der Waals surface area contributed by atoms with E-state index < -0.39 is 0 Å². The summed E-state index contributed by atoms with van der Waals surface area (Å²) < 4.78 is 5.63. The number of hydrogen-bond acceptors (Lipinski definition) is 3. The lowest BCUT2D eigenvalue weighted by atomic mass is 10.1. The Morgan fingerprint density at radius 2 is 1.84 bits per heavy atom. The first-order valence-corrected chi connectivity index (χ1v) is 8.34. The summed E-state index contributed by atoms with van der Waals surface area (Å²) in [7, 11) is 0. The molecular weight excluding hydrogens is 340 g/mol. The summed E-state index contributed by atoms with van der Waals surface area (Å²) in [6.07, 6.45) is 0. The number of carbonyl (C=O) groups is 2. The van der Waals surface area contributed by atoms with Crippen LogP contribution in [0.2, 0.25) is 5.02 Å². The first-order chi connectivity index (χ1) is 12.0. The maximum atomic E-state index is 11.9. The SMILES string of the molecule is Cc1ccc(OCCNC(=O)CNC(=O)c2ccccc2Cl)c(C)c1. The van der Waals surface area contributed by atoms with Crippen molar-refractivity contribution in [3.63, 3.8) is 0 Å². The molecule has 0 saturated carbocycles. The fraction of sp³-hybridized carbons (Fsp3) is 0.263. The van der Waals surface area contributed by atoms with Gasteiger partial charge in [0, 0.05) is 0 Å². The van der Waals surface area contributed by atoms with E-state index in [2.05, 4.69) is 10.6 Å². The van der Waals surface area contributed by atoms with Gasteiger partial charge in [-0.15, -0.1) is 0 Å². The molecule has 0 aliphatic rings. The zero-order valence-corrected chi connectivity index (χ0v) is 15.0. The van der Waals surface area contributed by atoms with E-state index in [9.17, 15) is 9.59 Å². The van der Waals surface area contributed by atoms with Crippen molar-refractivity contribution in [3.05, 3.63) is 64.2 Å². The fourth-order valence-electron chi connectivity index (χ4n) is 2.28. The molecule has 2 amide bonds. The second kappa shape index (κ2) is 9.08. The zero-order valence-electron chi connectivity index (χ0n) is 14.3. The fourth-order valence-corrected chi connectivity index (χ4v) is 2.50. The molecule has 2 N–H and O–H groups in total. The first-order valence-electron chi connectivity index (χ1n) is 7.97. The summed E-state index contributed by atoms with van der Waals surface area (Å²) in [5, 5.41) is 5.58. The number of ether oxygens (including phenoxy) is 1. The molecular formula is C19H21ClN2O3. The third-order valence-electron chi connectivity index (χ3n) is 3.54. The van der Waals surface area contributed by atoms with E-state index in [-0.39, 0.29) is 18.4 Å². The molecule has 0 aromatic heterocycles. The van der Waals surface area contributed by atoms with Crippen LogP contribution in [-0.4, -0.2) is 31.5 Å².